The van der Waals surface area contributed by atoms with Gasteiger partial charge >= 0.3 is 0 Å². The SMILES string of the molecule is CNC(=O)c1cccc(NC(=O)c2cccc(NC(=O)C3CCCO3)c2)c1C. The van der Waals surface area contributed by atoms with Gasteiger partial charge in [0.05, 0.1) is 0 Å². The monoisotopic (exact) mass is 381 g/mol. The normalized spacial score (nSPS) is 15.7. The second-order valence-corrected chi connectivity index (χ2v) is 6.58. The van der Waals surface area contributed by atoms with E-state index in [2.05, 4.69) is 16.0 Å². The van der Waals surface area contributed by atoms with Gasteiger partial charge in [-0.15, -0.1) is 0 Å². The van der Waals surface area contributed by atoms with Crippen LogP contribution in [-0.4, -0.2) is 37.5 Å². The number of carbonyl (C=O) groups is 3. The molecule has 3 N–H and O–H groups in total. The van der Waals surface area contributed by atoms with Gasteiger partial charge in [-0.25, -0.2) is 0 Å². The molecule has 7 heteroatoms. The van der Waals surface area contributed by atoms with Gasteiger partial charge in [0.1, 0.15) is 6.10 Å². The summed E-state index contributed by atoms with van der Waals surface area (Å²) in [5, 5.41) is 8.20. The van der Waals surface area contributed by atoms with Crippen molar-refractivity contribution in [3.8, 4) is 0 Å². The highest BCUT2D eigenvalue weighted by Crippen LogP contribution is 2.21. The first-order valence-corrected chi connectivity index (χ1v) is 9.15. The van der Waals surface area contributed by atoms with Crippen LogP contribution in [0.2, 0.25) is 0 Å². The maximum Gasteiger partial charge on any atom is 0.255 e. The number of carbonyl (C=O) groups excluding carboxylic acids is 3. The van der Waals surface area contributed by atoms with E-state index < -0.39 is 6.10 Å². The number of rotatable bonds is 5. The zero-order valence-electron chi connectivity index (χ0n) is 15.9. The Labute approximate surface area is 163 Å². The predicted molar refractivity (Wildman–Crippen MR) is 107 cm³/mol. The van der Waals surface area contributed by atoms with Crippen LogP contribution < -0.4 is 16.0 Å². The molecule has 0 radical (unpaired) electrons. The Morgan fingerprint density at radius 1 is 1.04 bits per heavy atom. The Balaban J connectivity index is 1.73. The third-order valence-electron chi connectivity index (χ3n) is 4.67. The molecule has 1 unspecified atom stereocenters. The standard InChI is InChI=1S/C21H23N3O4/c1-13-16(20(26)22-2)8-4-9-17(13)24-19(25)14-6-3-7-15(12-14)23-21(27)18-10-5-11-28-18/h3-4,6-9,12,18H,5,10-11H2,1-2H3,(H,22,26)(H,23,27)(H,24,25). The van der Waals surface area contributed by atoms with Crippen molar-refractivity contribution in [1.29, 1.82) is 0 Å². The minimum absolute atomic E-state index is 0.204. The number of benzene rings is 2. The summed E-state index contributed by atoms with van der Waals surface area (Å²) in [7, 11) is 1.56. The highest BCUT2D eigenvalue weighted by atomic mass is 16.5. The number of nitrogens with one attached hydrogen (secondary N) is 3. The molecule has 1 heterocycles. The third kappa shape index (κ3) is 4.37. The summed E-state index contributed by atoms with van der Waals surface area (Å²) in [6.45, 7) is 2.37. The molecular weight excluding hydrogens is 358 g/mol. The lowest BCUT2D eigenvalue weighted by molar-refractivity contribution is -0.124. The van der Waals surface area contributed by atoms with Gasteiger partial charge in [-0.05, 0) is 55.7 Å². The number of hydrogen-bond acceptors (Lipinski definition) is 4. The van der Waals surface area contributed by atoms with Crippen LogP contribution in [0.5, 0.6) is 0 Å². The highest BCUT2D eigenvalue weighted by molar-refractivity contribution is 6.07. The van der Waals surface area contributed by atoms with E-state index in [0.29, 0.717) is 41.1 Å². The number of amides is 3. The summed E-state index contributed by atoms with van der Waals surface area (Å²) in [5.41, 5.74) is 2.66. The molecule has 1 aliphatic heterocycles. The zero-order chi connectivity index (χ0) is 20.1. The highest BCUT2D eigenvalue weighted by Gasteiger charge is 2.23. The smallest absolute Gasteiger partial charge is 0.255 e. The Morgan fingerprint density at radius 2 is 1.82 bits per heavy atom. The van der Waals surface area contributed by atoms with Crippen LogP contribution in [0.4, 0.5) is 11.4 Å². The second kappa shape index (κ2) is 8.67. The van der Waals surface area contributed by atoms with E-state index in [0.717, 1.165) is 6.42 Å². The van der Waals surface area contributed by atoms with Crippen LogP contribution in [0, 0.1) is 6.92 Å². The molecule has 1 atom stereocenters. The van der Waals surface area contributed by atoms with Gasteiger partial charge in [0.25, 0.3) is 17.7 Å². The average Bonchev–Trinajstić information content (AvgIpc) is 3.24. The first kappa shape index (κ1) is 19.6. The average molecular weight is 381 g/mol. The molecule has 0 aromatic heterocycles. The van der Waals surface area contributed by atoms with E-state index in [-0.39, 0.29) is 17.7 Å². The van der Waals surface area contributed by atoms with Crippen LogP contribution in [0.25, 0.3) is 0 Å². The largest absolute Gasteiger partial charge is 0.368 e. The van der Waals surface area contributed by atoms with Gasteiger partial charge in [0.15, 0.2) is 0 Å². The molecule has 0 aliphatic carbocycles. The lowest BCUT2D eigenvalue weighted by Gasteiger charge is -2.13. The maximum atomic E-state index is 12.7. The molecule has 28 heavy (non-hydrogen) atoms. The van der Waals surface area contributed by atoms with Crippen molar-refractivity contribution in [1.82, 2.24) is 5.32 Å². The summed E-state index contributed by atoms with van der Waals surface area (Å²) in [6, 6.07) is 11.9. The van der Waals surface area contributed by atoms with Crippen LogP contribution >= 0.6 is 0 Å². The van der Waals surface area contributed by atoms with Crippen molar-refractivity contribution in [2.45, 2.75) is 25.9 Å². The first-order chi connectivity index (χ1) is 13.5. The van der Waals surface area contributed by atoms with Crippen LogP contribution in [0.3, 0.4) is 0 Å². The van der Waals surface area contributed by atoms with E-state index in [4.69, 9.17) is 4.74 Å². The van der Waals surface area contributed by atoms with Crippen molar-refractivity contribution in [3.63, 3.8) is 0 Å². The van der Waals surface area contributed by atoms with Gasteiger partial charge in [-0.1, -0.05) is 12.1 Å². The lowest BCUT2D eigenvalue weighted by Crippen LogP contribution is -2.27. The molecular formula is C21H23N3O4. The summed E-state index contributed by atoms with van der Waals surface area (Å²) >= 11 is 0. The van der Waals surface area contributed by atoms with Crippen LogP contribution in [0.1, 0.15) is 39.1 Å². The van der Waals surface area contributed by atoms with Crippen LogP contribution in [0.15, 0.2) is 42.5 Å². The van der Waals surface area contributed by atoms with Crippen molar-refractivity contribution in [3.05, 3.63) is 59.2 Å². The van der Waals surface area contributed by atoms with Gasteiger partial charge < -0.3 is 20.7 Å². The molecule has 0 bridgehead atoms. The minimum Gasteiger partial charge on any atom is -0.368 e. The predicted octanol–water partition coefficient (Wildman–Crippen LogP) is 2.72. The Bertz CT molecular complexity index is 904. The molecule has 3 amide bonds. The number of ether oxygens (including phenoxy) is 1. The van der Waals surface area contributed by atoms with Gasteiger partial charge in [0, 0.05) is 36.2 Å². The maximum absolute atomic E-state index is 12.7. The number of anilines is 2. The molecule has 1 aliphatic rings. The van der Waals surface area contributed by atoms with Gasteiger partial charge in [-0.2, -0.15) is 0 Å². The summed E-state index contributed by atoms with van der Waals surface area (Å²) in [5.74, 6) is -0.748. The van der Waals surface area contributed by atoms with E-state index in [1.807, 2.05) is 0 Å². The minimum atomic E-state index is -0.437. The molecule has 2 aromatic rings. The second-order valence-electron chi connectivity index (χ2n) is 6.58. The summed E-state index contributed by atoms with van der Waals surface area (Å²) in [6.07, 6.45) is 1.13. The summed E-state index contributed by atoms with van der Waals surface area (Å²) in [4.78, 5) is 36.8. The summed E-state index contributed by atoms with van der Waals surface area (Å²) < 4.78 is 5.37. The Morgan fingerprint density at radius 3 is 2.54 bits per heavy atom. The fraction of sp³-hybridized carbons (Fsp3) is 0.286. The van der Waals surface area contributed by atoms with Crippen molar-refractivity contribution >= 4 is 29.1 Å². The van der Waals surface area contributed by atoms with Gasteiger partial charge in [-0.3, -0.25) is 14.4 Å². The third-order valence-corrected chi connectivity index (χ3v) is 4.67. The fourth-order valence-corrected chi connectivity index (χ4v) is 3.09. The van der Waals surface area contributed by atoms with Crippen LogP contribution in [-0.2, 0) is 9.53 Å². The Hall–Kier alpha value is -3.19. The lowest BCUT2D eigenvalue weighted by atomic mass is 10.1. The molecule has 0 saturated carbocycles. The molecule has 1 fully saturated rings. The molecule has 1 saturated heterocycles. The molecule has 2 aromatic carbocycles. The topological polar surface area (TPSA) is 96.5 Å². The van der Waals surface area contributed by atoms with Gasteiger partial charge in [0.2, 0.25) is 0 Å². The fourth-order valence-electron chi connectivity index (χ4n) is 3.09. The van der Waals surface area contributed by atoms with E-state index in [9.17, 15) is 14.4 Å². The molecule has 0 spiro atoms. The van der Waals surface area contributed by atoms with E-state index in [1.54, 1.807) is 56.4 Å². The molecule has 146 valence electrons. The quantitative estimate of drug-likeness (QED) is 0.742. The Kier molecular flexibility index (Phi) is 6.06. The zero-order valence-corrected chi connectivity index (χ0v) is 15.9. The van der Waals surface area contributed by atoms with Crippen molar-refractivity contribution < 1.29 is 19.1 Å². The van der Waals surface area contributed by atoms with Crippen molar-refractivity contribution in [2.24, 2.45) is 0 Å². The van der Waals surface area contributed by atoms with E-state index >= 15 is 0 Å². The first-order valence-electron chi connectivity index (χ1n) is 9.15. The van der Waals surface area contributed by atoms with E-state index in [1.165, 1.54) is 0 Å². The van der Waals surface area contributed by atoms with Crippen molar-refractivity contribution in [2.75, 3.05) is 24.3 Å². The molecule has 7 nitrogen and oxygen atoms in total. The number of hydrogen-bond donors (Lipinski definition) is 3. The molecule has 3 rings (SSSR count).